The van der Waals surface area contributed by atoms with Crippen LogP contribution >= 0.6 is 0 Å². The fourth-order valence-corrected chi connectivity index (χ4v) is 0. The molecule has 0 rings (SSSR count). The van der Waals surface area contributed by atoms with Gasteiger partial charge >= 0.3 is 75.0 Å². The van der Waals surface area contributed by atoms with E-state index in [9.17, 15) is 0 Å². The van der Waals surface area contributed by atoms with Crippen molar-refractivity contribution in [1.82, 2.24) is 0 Å². The molecule has 0 aromatic rings. The van der Waals surface area contributed by atoms with Crippen molar-refractivity contribution in [3.05, 3.63) is 0 Å². The molecule has 0 unspecified atom stereocenters. The third kappa shape index (κ3) is 39.7. The Morgan fingerprint density at radius 3 is 1.17 bits per heavy atom. The fraction of sp³-hybridized carbons (Fsp3) is 0. The van der Waals surface area contributed by atoms with Crippen LogP contribution in [0.15, 0.2) is 0 Å². The second kappa shape index (κ2) is 3.83. The van der Waals surface area contributed by atoms with Gasteiger partial charge in [-0.25, -0.2) is 0 Å². The summed E-state index contributed by atoms with van der Waals surface area (Å²) in [4.78, 5) is 0. The van der Waals surface area contributed by atoms with E-state index in [4.69, 9.17) is 13.2 Å². The van der Waals surface area contributed by atoms with Gasteiger partial charge in [0.25, 0.3) is 0 Å². The van der Waals surface area contributed by atoms with Crippen LogP contribution in [0.2, 0.25) is 0 Å². The molecule has 0 N–H and O–H groups in total. The summed E-state index contributed by atoms with van der Waals surface area (Å²) in [5.41, 5.74) is 0. The Balaban J connectivity index is 0. The van der Waals surface area contributed by atoms with Crippen LogP contribution in [-0.2, 0) is 3.02 Å². The number of hydrogen-bond donors (Lipinski definition) is 0. The van der Waals surface area contributed by atoms with E-state index in [0.29, 0.717) is 0 Å². The molecule has 0 spiro atoms. The second-order valence-electron chi connectivity index (χ2n) is 0.447. The van der Waals surface area contributed by atoms with Gasteiger partial charge < -0.3 is 0 Å². The number of hydrogen-bond acceptors (Lipinski definition) is 4. The van der Waals surface area contributed by atoms with E-state index in [1.165, 1.54) is 0 Å². The molecule has 0 saturated carbocycles. The molecule has 6 heteroatoms. The minimum atomic E-state index is -6.10. The van der Waals surface area contributed by atoms with E-state index < -0.39 is 20.1 Å². The molecule has 0 amide bonds. The van der Waals surface area contributed by atoms with Crippen molar-refractivity contribution in [2.45, 2.75) is 0 Å². The topological polar surface area (TPSA) is 86.2 Å². The Morgan fingerprint density at radius 2 is 1.17 bits per heavy atom. The molecule has 0 saturated heterocycles. The predicted molar refractivity (Wildman–Crippen MR) is 6.44 cm³/mol. The van der Waals surface area contributed by atoms with Gasteiger partial charge in [0.05, 0.1) is 0 Å². The summed E-state index contributed by atoms with van der Waals surface area (Å²) < 4.78 is 34.6. The first-order chi connectivity index (χ1) is 2.00. The van der Waals surface area contributed by atoms with E-state index >= 15 is 0 Å². The fourth-order valence-electron chi connectivity index (χ4n) is 0. The molecule has 1 radical (unpaired) electrons. The van der Waals surface area contributed by atoms with E-state index in [-0.39, 0.29) is 41.7 Å². The van der Waals surface area contributed by atoms with Crippen LogP contribution in [0.4, 0.5) is 0 Å². The molecule has 0 fully saturated rings. The van der Waals surface area contributed by atoms with Crippen LogP contribution < -0.4 is 10.2 Å². The SMILES string of the molecule is [Ce+3].[O]=[Sb]([O-])([O-])[O-]. The Hall–Kier alpha value is 1.87. The van der Waals surface area contributed by atoms with Crippen molar-refractivity contribution < 1.29 is 54.9 Å². The summed E-state index contributed by atoms with van der Waals surface area (Å²) in [6, 6.07) is 0. The minimum absolute atomic E-state index is 0. The van der Waals surface area contributed by atoms with Gasteiger partial charge in [-0.3, -0.25) is 0 Å². The first kappa shape index (κ1) is 10.8. The molecule has 0 atom stereocenters. The van der Waals surface area contributed by atoms with Gasteiger partial charge in [-0.05, 0) is 0 Å². The maximum absolute atomic E-state index is 8.64. The molecule has 0 aromatic carbocycles. The Bertz CT molecular complexity index is 53.7. The van der Waals surface area contributed by atoms with Crippen molar-refractivity contribution in [3.63, 3.8) is 0 Å². The molecule has 0 aromatic heterocycles. The van der Waals surface area contributed by atoms with Gasteiger partial charge in [0.2, 0.25) is 0 Å². The predicted octanol–water partition coefficient (Wildman–Crippen LogP) is -4.07. The maximum atomic E-state index is 8.64. The molecule has 0 aliphatic rings. The molecule has 6 heavy (non-hydrogen) atoms. The summed E-state index contributed by atoms with van der Waals surface area (Å²) in [6.45, 7) is 0. The van der Waals surface area contributed by atoms with Crippen molar-refractivity contribution in [2.75, 3.05) is 0 Å². The van der Waals surface area contributed by atoms with Crippen LogP contribution in [0, 0.1) is 41.7 Å². The van der Waals surface area contributed by atoms with E-state index in [2.05, 4.69) is 0 Å². The molecule has 0 aliphatic heterocycles. The van der Waals surface area contributed by atoms with Gasteiger partial charge in [0.1, 0.15) is 0 Å². The molecular weight excluding hydrogens is 326 g/mol. The van der Waals surface area contributed by atoms with Crippen molar-refractivity contribution in [1.29, 1.82) is 0 Å². The van der Waals surface area contributed by atoms with Crippen molar-refractivity contribution >= 4 is 20.1 Å². The molecule has 0 heterocycles. The van der Waals surface area contributed by atoms with Gasteiger partial charge in [-0.1, -0.05) is 0 Å². The van der Waals surface area contributed by atoms with Gasteiger partial charge in [0, 0.05) is 0 Å². The summed E-state index contributed by atoms with van der Waals surface area (Å²) in [5.74, 6) is 0. The zero-order chi connectivity index (χ0) is 4.50. The summed E-state index contributed by atoms with van der Waals surface area (Å²) >= 11 is -6.10. The molecule has 33 valence electrons. The molecule has 4 nitrogen and oxygen atoms in total. The third-order valence-corrected chi connectivity index (χ3v) is 0. The first-order valence-electron chi connectivity index (χ1n) is 0.730. The van der Waals surface area contributed by atoms with Crippen LogP contribution in [0.5, 0.6) is 0 Å². The van der Waals surface area contributed by atoms with E-state index in [0.717, 1.165) is 0 Å². The van der Waals surface area contributed by atoms with Crippen LogP contribution in [-0.4, -0.2) is 20.1 Å². The molecule has 0 aliphatic carbocycles. The Morgan fingerprint density at radius 1 is 1.17 bits per heavy atom. The number of rotatable bonds is 0. The molecular formula is CeO4Sb. The third-order valence-electron chi connectivity index (χ3n) is 0. The van der Waals surface area contributed by atoms with Gasteiger partial charge in [0.15, 0.2) is 0 Å². The average Bonchev–Trinajstić information content (AvgIpc) is 0.722. The first-order valence-corrected chi connectivity index (χ1v) is 4.90. The summed E-state index contributed by atoms with van der Waals surface area (Å²) in [7, 11) is 0. The standard InChI is InChI=1S/Ce.4O.Sb/q+3;;3*-1;. The monoisotopic (exact) mass is 325 g/mol. The Kier molecular flexibility index (Phi) is 6.88. The normalized spacial score (nSPS) is 9.83. The zero-order valence-corrected chi connectivity index (χ0v) is 8.27. The quantitative estimate of drug-likeness (QED) is 0.424. The van der Waals surface area contributed by atoms with Crippen LogP contribution in [0.25, 0.3) is 0 Å². The van der Waals surface area contributed by atoms with E-state index in [1.54, 1.807) is 0 Å². The second-order valence-corrected chi connectivity index (χ2v) is 3.00. The van der Waals surface area contributed by atoms with Crippen molar-refractivity contribution in [3.8, 4) is 0 Å². The van der Waals surface area contributed by atoms with Crippen LogP contribution in [0.1, 0.15) is 0 Å². The molecule has 0 bridgehead atoms. The van der Waals surface area contributed by atoms with Gasteiger partial charge in [-0.2, -0.15) is 0 Å². The summed E-state index contributed by atoms with van der Waals surface area (Å²) in [6.07, 6.45) is 0. The summed E-state index contributed by atoms with van der Waals surface area (Å²) in [5, 5.41) is 0. The van der Waals surface area contributed by atoms with Gasteiger partial charge in [-0.15, -0.1) is 0 Å². The Labute approximate surface area is 73.6 Å². The zero-order valence-electron chi connectivity index (χ0n) is 2.58. The van der Waals surface area contributed by atoms with Crippen LogP contribution in [0.3, 0.4) is 0 Å². The van der Waals surface area contributed by atoms with E-state index in [1.807, 2.05) is 0 Å². The average molecular weight is 326 g/mol. The van der Waals surface area contributed by atoms with Crippen molar-refractivity contribution in [2.24, 2.45) is 0 Å².